The molecule has 1 fully saturated rings. The van der Waals surface area contributed by atoms with Crippen molar-refractivity contribution < 1.29 is 83.4 Å². The molecule has 0 amide bonds. The molecule has 174 valence electrons. The Hall–Kier alpha value is -1.33. The highest BCUT2D eigenvalue weighted by atomic mass is 19.4. The van der Waals surface area contributed by atoms with Crippen molar-refractivity contribution in [3.63, 3.8) is 0 Å². The smallest absolute Gasteiger partial charge is 0.234 e. The van der Waals surface area contributed by atoms with Crippen molar-refractivity contribution in [3.8, 4) is 0 Å². The number of hydrogen-bond donors (Lipinski definition) is 0. The van der Waals surface area contributed by atoms with E-state index >= 15 is 0 Å². The average Bonchev–Trinajstić information content (AvgIpc) is 2.49. The van der Waals surface area contributed by atoms with Crippen molar-refractivity contribution in [2.24, 2.45) is 0 Å². The molecule has 0 aromatic rings. The van der Waals surface area contributed by atoms with Crippen molar-refractivity contribution in [1.82, 2.24) is 0 Å². The second-order valence-electron chi connectivity index (χ2n) is 5.64. The highest BCUT2D eigenvalue weighted by Gasteiger charge is 3.04. The predicted molar refractivity (Wildman–Crippen MR) is 49.4 cm³/mol. The lowest BCUT2D eigenvalue weighted by Crippen LogP contribution is -2.87. The van der Waals surface area contributed by atoms with E-state index in [4.69, 9.17) is 0 Å². The van der Waals surface area contributed by atoms with Gasteiger partial charge in [-0.25, -0.2) is 8.78 Å². The molecule has 0 aromatic carbocycles. The van der Waals surface area contributed by atoms with Crippen LogP contribution in [-0.4, -0.2) is 59.5 Å². The first kappa shape index (κ1) is 25.7. The lowest BCUT2D eigenvalue weighted by Gasteiger charge is -2.54. The molecule has 0 N–H and O–H groups in total. The van der Waals surface area contributed by atoms with Crippen LogP contribution < -0.4 is 0 Å². The van der Waals surface area contributed by atoms with Crippen LogP contribution in [-0.2, 0) is 0 Å². The number of hydrogen-bond acceptors (Lipinski definition) is 0. The van der Waals surface area contributed by atoms with Gasteiger partial charge in [-0.05, 0) is 0 Å². The van der Waals surface area contributed by atoms with Crippen molar-refractivity contribution in [1.29, 1.82) is 0 Å². The standard InChI is InChI=1S/C10HF19/c11-1-2(12,13)5(17,18)4(16,6(19,20)3(1,14)15)7(21,22)8(23,24)9(25,26)10(27,28)29/h1H. The molecular weight excluding hydrogens is 481 g/mol. The quantitative estimate of drug-likeness (QED) is 0.430. The minimum atomic E-state index is -8.99. The molecule has 29 heavy (non-hydrogen) atoms. The molecule has 0 bridgehead atoms. The van der Waals surface area contributed by atoms with Gasteiger partial charge in [-0.1, -0.05) is 0 Å². The zero-order valence-corrected chi connectivity index (χ0v) is 12.3. The molecule has 1 rings (SSSR count). The highest BCUT2D eigenvalue weighted by Crippen LogP contribution is 2.72. The van der Waals surface area contributed by atoms with Crippen molar-refractivity contribution in [2.45, 2.75) is 59.5 Å². The molecule has 0 aromatic heterocycles. The first-order valence-corrected chi connectivity index (χ1v) is 6.20. The maximum atomic E-state index is 13.9. The summed E-state index contributed by atoms with van der Waals surface area (Å²) >= 11 is 0. The van der Waals surface area contributed by atoms with Gasteiger partial charge in [-0.2, -0.15) is 74.6 Å². The normalized spacial score (nSPS) is 32.2. The predicted octanol–water partition coefficient (Wildman–Crippen LogP) is 6.06. The summed E-state index contributed by atoms with van der Waals surface area (Å²) in [6, 6.07) is 0. The molecule has 1 saturated carbocycles. The van der Waals surface area contributed by atoms with Crippen LogP contribution in [0.25, 0.3) is 0 Å². The second kappa shape index (κ2) is 5.67. The second-order valence-corrected chi connectivity index (χ2v) is 5.64. The van der Waals surface area contributed by atoms with Gasteiger partial charge >= 0.3 is 53.3 Å². The first-order chi connectivity index (χ1) is 12.2. The van der Waals surface area contributed by atoms with Crippen LogP contribution in [0.1, 0.15) is 0 Å². The lowest BCUT2D eigenvalue weighted by molar-refractivity contribution is -0.496. The zero-order chi connectivity index (χ0) is 24.1. The molecule has 0 unspecified atom stereocenters. The molecule has 0 atom stereocenters. The Bertz CT molecular complexity index is 624. The van der Waals surface area contributed by atoms with E-state index in [0.717, 1.165) is 0 Å². The van der Waals surface area contributed by atoms with Crippen molar-refractivity contribution >= 4 is 0 Å². The van der Waals surface area contributed by atoms with E-state index in [9.17, 15) is 83.4 Å². The van der Waals surface area contributed by atoms with Gasteiger partial charge in [0.05, 0.1) is 0 Å². The molecular formula is C10HF19. The third-order valence-electron chi connectivity index (χ3n) is 3.92. The van der Waals surface area contributed by atoms with E-state index in [2.05, 4.69) is 0 Å². The number of alkyl halides is 19. The Morgan fingerprint density at radius 2 is 0.759 bits per heavy atom. The van der Waals surface area contributed by atoms with Gasteiger partial charge in [0.15, 0.2) is 0 Å². The molecule has 0 saturated heterocycles. The molecule has 19 heteroatoms. The fraction of sp³-hybridized carbons (Fsp3) is 1.00. The molecule has 0 aliphatic heterocycles. The molecule has 0 spiro atoms. The SMILES string of the molecule is FC1C(F)(F)C(F)(F)C(F)(C(F)(F)C(F)(F)C(F)(F)C(F)(F)F)C(F)(F)C1(F)F. The van der Waals surface area contributed by atoms with Crippen LogP contribution >= 0.6 is 0 Å². The Morgan fingerprint density at radius 3 is 1.00 bits per heavy atom. The van der Waals surface area contributed by atoms with Crippen LogP contribution in [0.3, 0.4) is 0 Å². The summed E-state index contributed by atoms with van der Waals surface area (Å²) in [4.78, 5) is 0. The van der Waals surface area contributed by atoms with E-state index < -0.39 is 59.5 Å². The third-order valence-corrected chi connectivity index (χ3v) is 3.92. The molecule has 1 aliphatic rings. The summed E-state index contributed by atoms with van der Waals surface area (Å²) in [6.07, 6.45) is -14.2. The third kappa shape index (κ3) is 2.38. The van der Waals surface area contributed by atoms with Crippen LogP contribution in [0.4, 0.5) is 83.4 Å². The first-order valence-electron chi connectivity index (χ1n) is 6.20. The minimum Gasteiger partial charge on any atom is -0.234 e. The monoisotopic (exact) mass is 482 g/mol. The maximum absolute atomic E-state index is 13.9. The molecule has 0 radical (unpaired) electrons. The maximum Gasteiger partial charge on any atom is 0.460 e. The topological polar surface area (TPSA) is 0 Å². The summed E-state index contributed by atoms with van der Waals surface area (Å²) < 4.78 is 246. The largest absolute Gasteiger partial charge is 0.460 e. The van der Waals surface area contributed by atoms with Gasteiger partial charge in [-0.3, -0.25) is 0 Å². The Kier molecular flexibility index (Phi) is 5.03. The summed E-state index contributed by atoms with van der Waals surface area (Å²) in [7, 11) is 0. The fourth-order valence-corrected chi connectivity index (χ4v) is 2.19. The van der Waals surface area contributed by atoms with Crippen molar-refractivity contribution in [3.05, 3.63) is 0 Å². The zero-order valence-electron chi connectivity index (χ0n) is 12.3. The summed E-state index contributed by atoms with van der Waals surface area (Å²) in [5.74, 6) is -58.3. The lowest BCUT2D eigenvalue weighted by atomic mass is 9.68. The van der Waals surface area contributed by atoms with Gasteiger partial charge in [0.25, 0.3) is 0 Å². The summed E-state index contributed by atoms with van der Waals surface area (Å²) in [5, 5.41) is 0. The van der Waals surface area contributed by atoms with Crippen molar-refractivity contribution in [2.75, 3.05) is 0 Å². The van der Waals surface area contributed by atoms with E-state index in [1.54, 1.807) is 0 Å². The van der Waals surface area contributed by atoms with Gasteiger partial charge < -0.3 is 0 Å². The van der Waals surface area contributed by atoms with Crippen LogP contribution in [0.5, 0.6) is 0 Å². The van der Waals surface area contributed by atoms with Gasteiger partial charge in [0.1, 0.15) is 0 Å². The summed E-state index contributed by atoms with van der Waals surface area (Å²) in [5.41, 5.74) is -8.85. The Morgan fingerprint density at radius 1 is 0.483 bits per heavy atom. The molecule has 1 aliphatic carbocycles. The van der Waals surface area contributed by atoms with Crippen LogP contribution in [0.2, 0.25) is 0 Å². The number of rotatable bonds is 3. The van der Waals surface area contributed by atoms with E-state index in [1.807, 2.05) is 0 Å². The van der Waals surface area contributed by atoms with E-state index in [-0.39, 0.29) is 0 Å². The average molecular weight is 482 g/mol. The Balaban J connectivity index is 4.05. The van der Waals surface area contributed by atoms with Gasteiger partial charge in [-0.15, -0.1) is 0 Å². The van der Waals surface area contributed by atoms with Crippen LogP contribution in [0, 0.1) is 0 Å². The van der Waals surface area contributed by atoms with E-state index in [1.165, 1.54) is 0 Å². The minimum absolute atomic E-state index is 6.25. The fourth-order valence-electron chi connectivity index (χ4n) is 2.19. The highest BCUT2D eigenvalue weighted by molar-refractivity contribution is 5.30. The van der Waals surface area contributed by atoms with E-state index in [0.29, 0.717) is 0 Å². The molecule has 0 heterocycles. The summed E-state index contributed by atoms with van der Waals surface area (Å²) in [6.45, 7) is 0. The van der Waals surface area contributed by atoms with Gasteiger partial charge in [0, 0.05) is 0 Å². The Labute approximate surface area is 144 Å². The van der Waals surface area contributed by atoms with Crippen LogP contribution in [0.15, 0.2) is 0 Å². The molecule has 0 nitrogen and oxygen atoms in total. The van der Waals surface area contributed by atoms with Gasteiger partial charge in [0.2, 0.25) is 6.17 Å². The number of halogens is 19.